The number of rotatable bonds is 2. The Balaban J connectivity index is 2.34. The number of aliphatic hydroxyl groups excluding tert-OH is 1. The lowest BCUT2D eigenvalue weighted by Crippen LogP contribution is -2.15. The molecule has 0 saturated carbocycles. The van der Waals surface area contributed by atoms with Crippen molar-refractivity contribution in [2.75, 3.05) is 11.5 Å². The van der Waals surface area contributed by atoms with Crippen LogP contribution in [0.4, 0.5) is 8.78 Å². The minimum Gasteiger partial charge on any atom is -0.388 e. The van der Waals surface area contributed by atoms with Gasteiger partial charge >= 0.3 is 0 Å². The van der Waals surface area contributed by atoms with Gasteiger partial charge in [0.2, 0.25) is 0 Å². The zero-order valence-corrected chi connectivity index (χ0v) is 9.86. The lowest BCUT2D eigenvalue weighted by atomic mass is 9.93. The van der Waals surface area contributed by atoms with Crippen LogP contribution in [0.5, 0.6) is 0 Å². The molecule has 0 spiro atoms. The SMILES string of the molecule is Cc1ccc(F)c(C(O)C2CCSC2)c1F. The molecule has 0 bridgehead atoms. The Morgan fingerprint density at radius 3 is 2.81 bits per heavy atom. The molecule has 0 aliphatic carbocycles. The average Bonchev–Trinajstić information content (AvgIpc) is 2.77. The van der Waals surface area contributed by atoms with Crippen LogP contribution in [0.25, 0.3) is 0 Å². The number of aliphatic hydroxyl groups is 1. The highest BCUT2D eigenvalue weighted by Gasteiger charge is 2.29. The molecule has 88 valence electrons. The van der Waals surface area contributed by atoms with Crippen LogP contribution in [-0.4, -0.2) is 16.6 Å². The Morgan fingerprint density at radius 1 is 1.44 bits per heavy atom. The quantitative estimate of drug-likeness (QED) is 0.862. The minimum absolute atomic E-state index is 0.0317. The van der Waals surface area contributed by atoms with E-state index in [4.69, 9.17) is 0 Å². The van der Waals surface area contributed by atoms with E-state index in [9.17, 15) is 13.9 Å². The molecule has 2 atom stereocenters. The number of aryl methyl sites for hydroxylation is 1. The molecular weight excluding hydrogens is 230 g/mol. The summed E-state index contributed by atoms with van der Waals surface area (Å²) in [4.78, 5) is 0. The lowest BCUT2D eigenvalue weighted by Gasteiger charge is -2.19. The third-order valence-corrected chi connectivity index (χ3v) is 4.22. The number of hydrogen-bond acceptors (Lipinski definition) is 2. The first-order valence-corrected chi connectivity index (χ1v) is 6.47. The normalized spacial score (nSPS) is 22.4. The summed E-state index contributed by atoms with van der Waals surface area (Å²) in [6.45, 7) is 1.58. The number of benzene rings is 1. The molecule has 2 unspecified atom stereocenters. The summed E-state index contributed by atoms with van der Waals surface area (Å²) in [7, 11) is 0. The van der Waals surface area contributed by atoms with Crippen LogP contribution >= 0.6 is 11.8 Å². The van der Waals surface area contributed by atoms with E-state index in [1.807, 2.05) is 0 Å². The lowest BCUT2D eigenvalue weighted by molar-refractivity contribution is 0.113. The molecule has 1 aromatic rings. The van der Waals surface area contributed by atoms with Gasteiger partial charge in [0.15, 0.2) is 0 Å². The Hall–Kier alpha value is -0.610. The third kappa shape index (κ3) is 2.09. The number of thioether (sulfide) groups is 1. The van der Waals surface area contributed by atoms with E-state index >= 15 is 0 Å². The van der Waals surface area contributed by atoms with Gasteiger partial charge in [0.05, 0.1) is 11.7 Å². The fourth-order valence-electron chi connectivity index (χ4n) is 1.99. The monoisotopic (exact) mass is 244 g/mol. The largest absolute Gasteiger partial charge is 0.388 e. The topological polar surface area (TPSA) is 20.2 Å². The molecule has 4 heteroatoms. The molecule has 1 N–H and O–H groups in total. The average molecular weight is 244 g/mol. The number of hydrogen-bond donors (Lipinski definition) is 1. The van der Waals surface area contributed by atoms with Crippen LogP contribution in [0.15, 0.2) is 12.1 Å². The number of halogens is 2. The fraction of sp³-hybridized carbons (Fsp3) is 0.500. The van der Waals surface area contributed by atoms with E-state index < -0.39 is 17.7 Å². The van der Waals surface area contributed by atoms with E-state index in [2.05, 4.69) is 0 Å². The molecular formula is C12H14F2OS. The highest BCUT2D eigenvalue weighted by molar-refractivity contribution is 7.99. The highest BCUT2D eigenvalue weighted by atomic mass is 32.2. The van der Waals surface area contributed by atoms with Gasteiger partial charge in [0, 0.05) is 0 Å². The summed E-state index contributed by atoms with van der Waals surface area (Å²) < 4.78 is 27.3. The molecule has 1 aliphatic rings. The van der Waals surface area contributed by atoms with Gasteiger partial charge in [-0.25, -0.2) is 8.78 Å². The van der Waals surface area contributed by atoms with Gasteiger partial charge in [0.1, 0.15) is 11.6 Å². The molecule has 1 fully saturated rings. The molecule has 16 heavy (non-hydrogen) atoms. The zero-order chi connectivity index (χ0) is 11.7. The van der Waals surface area contributed by atoms with Crippen molar-refractivity contribution in [3.05, 3.63) is 34.9 Å². The second kappa shape index (κ2) is 4.72. The first-order valence-electron chi connectivity index (χ1n) is 5.31. The molecule has 1 heterocycles. The molecule has 0 radical (unpaired) electrons. The van der Waals surface area contributed by atoms with Crippen LogP contribution in [0.2, 0.25) is 0 Å². The van der Waals surface area contributed by atoms with Crippen molar-refractivity contribution in [2.45, 2.75) is 19.4 Å². The first-order chi connectivity index (χ1) is 7.61. The standard InChI is InChI=1S/C12H14F2OS/c1-7-2-3-9(13)10(11(7)14)12(15)8-4-5-16-6-8/h2-3,8,12,15H,4-6H2,1H3. The summed E-state index contributed by atoms with van der Waals surface area (Å²) in [6.07, 6.45) is -0.201. The Labute approximate surface area is 97.9 Å². The molecule has 1 aliphatic heterocycles. The zero-order valence-electron chi connectivity index (χ0n) is 9.04. The molecule has 0 aromatic heterocycles. The summed E-state index contributed by atoms with van der Waals surface area (Å²) in [5.41, 5.74) is 0.216. The van der Waals surface area contributed by atoms with E-state index in [0.29, 0.717) is 5.56 Å². The predicted octanol–water partition coefficient (Wildman–Crippen LogP) is 3.06. The van der Waals surface area contributed by atoms with Gasteiger partial charge in [-0.1, -0.05) is 6.07 Å². The Bertz CT molecular complexity index is 389. The minimum atomic E-state index is -1.02. The molecule has 1 nitrogen and oxygen atoms in total. The highest BCUT2D eigenvalue weighted by Crippen LogP contribution is 2.36. The van der Waals surface area contributed by atoms with E-state index in [0.717, 1.165) is 17.9 Å². The van der Waals surface area contributed by atoms with Gasteiger partial charge in [-0.15, -0.1) is 0 Å². The maximum absolute atomic E-state index is 13.8. The van der Waals surface area contributed by atoms with Crippen LogP contribution in [-0.2, 0) is 0 Å². The molecule has 0 amide bonds. The van der Waals surface area contributed by atoms with Crippen LogP contribution in [0.3, 0.4) is 0 Å². The summed E-state index contributed by atoms with van der Waals surface area (Å²) in [6, 6.07) is 2.61. The second-order valence-corrected chi connectivity index (χ2v) is 5.31. The predicted molar refractivity (Wildman–Crippen MR) is 61.5 cm³/mol. The van der Waals surface area contributed by atoms with Gasteiger partial charge in [-0.2, -0.15) is 11.8 Å². The van der Waals surface area contributed by atoms with Gasteiger partial charge in [0.25, 0.3) is 0 Å². The van der Waals surface area contributed by atoms with Crippen LogP contribution in [0.1, 0.15) is 23.7 Å². The van der Waals surface area contributed by atoms with Crippen LogP contribution < -0.4 is 0 Å². The third-order valence-electron chi connectivity index (χ3n) is 3.03. The Morgan fingerprint density at radius 2 is 2.19 bits per heavy atom. The van der Waals surface area contributed by atoms with Crippen molar-refractivity contribution in [2.24, 2.45) is 5.92 Å². The first kappa shape index (κ1) is 11.9. The van der Waals surface area contributed by atoms with Crippen molar-refractivity contribution < 1.29 is 13.9 Å². The summed E-state index contributed by atoms with van der Waals surface area (Å²) >= 11 is 1.72. The van der Waals surface area contributed by atoms with E-state index in [1.54, 1.807) is 18.7 Å². The van der Waals surface area contributed by atoms with Crippen LogP contribution in [0, 0.1) is 24.5 Å². The summed E-state index contributed by atoms with van der Waals surface area (Å²) in [5, 5.41) is 10.0. The van der Waals surface area contributed by atoms with Crippen molar-refractivity contribution in [3.8, 4) is 0 Å². The molecule has 2 rings (SSSR count). The van der Waals surface area contributed by atoms with Crippen molar-refractivity contribution in [1.82, 2.24) is 0 Å². The fourth-order valence-corrected chi connectivity index (χ4v) is 3.27. The Kier molecular flexibility index (Phi) is 3.50. The van der Waals surface area contributed by atoms with Crippen molar-refractivity contribution in [1.29, 1.82) is 0 Å². The smallest absolute Gasteiger partial charge is 0.134 e. The van der Waals surface area contributed by atoms with Gasteiger partial charge in [-0.05, 0) is 42.4 Å². The maximum atomic E-state index is 13.8. The second-order valence-electron chi connectivity index (χ2n) is 4.16. The van der Waals surface area contributed by atoms with Gasteiger partial charge < -0.3 is 5.11 Å². The summed E-state index contributed by atoms with van der Waals surface area (Å²) in [5.74, 6) is 0.442. The van der Waals surface area contributed by atoms with E-state index in [-0.39, 0.29) is 11.5 Å². The van der Waals surface area contributed by atoms with Crippen molar-refractivity contribution in [3.63, 3.8) is 0 Å². The molecule has 1 saturated heterocycles. The maximum Gasteiger partial charge on any atom is 0.134 e. The van der Waals surface area contributed by atoms with Crippen molar-refractivity contribution >= 4 is 11.8 Å². The van der Waals surface area contributed by atoms with Gasteiger partial charge in [-0.3, -0.25) is 0 Å². The van der Waals surface area contributed by atoms with E-state index in [1.165, 1.54) is 12.1 Å². The molecule has 1 aromatic carbocycles.